The summed E-state index contributed by atoms with van der Waals surface area (Å²) in [5.41, 5.74) is -3.85. The number of alkyl halides is 3. The van der Waals surface area contributed by atoms with Crippen LogP contribution in [-0.2, 0) is 20.5 Å². The molecule has 1 unspecified atom stereocenters. The van der Waals surface area contributed by atoms with Crippen LogP contribution in [0.2, 0.25) is 0 Å². The van der Waals surface area contributed by atoms with Crippen molar-refractivity contribution in [3.8, 4) is 6.07 Å². The molecule has 0 aromatic heterocycles. The lowest BCUT2D eigenvalue weighted by molar-refractivity contribution is -0.138. The van der Waals surface area contributed by atoms with E-state index in [2.05, 4.69) is 0 Å². The molecule has 0 spiro atoms. The van der Waals surface area contributed by atoms with Gasteiger partial charge in [-0.05, 0) is 38.0 Å². The Morgan fingerprint density at radius 3 is 2.57 bits per heavy atom. The van der Waals surface area contributed by atoms with Crippen LogP contribution in [-0.4, -0.2) is 34.7 Å². The number of amides is 2. The smallest absolute Gasteiger partial charge is 0.396 e. The summed E-state index contributed by atoms with van der Waals surface area (Å²) in [4.78, 5) is 27.0. The quantitative estimate of drug-likeness (QED) is 0.795. The number of aliphatic hydroxyl groups is 1. The van der Waals surface area contributed by atoms with Crippen LogP contribution in [0.1, 0.15) is 37.3 Å². The first-order valence-corrected chi connectivity index (χ1v) is 8.88. The van der Waals surface area contributed by atoms with E-state index in [1.807, 2.05) is 0 Å². The number of carbonyl (C=O) groups is 2. The van der Waals surface area contributed by atoms with Crippen molar-refractivity contribution in [2.24, 2.45) is 11.8 Å². The van der Waals surface area contributed by atoms with Gasteiger partial charge in [-0.25, -0.2) is 4.90 Å². The zero-order valence-corrected chi connectivity index (χ0v) is 14.9. The molecule has 3 fully saturated rings. The number of ether oxygens (including phenoxy) is 1. The van der Waals surface area contributed by atoms with E-state index >= 15 is 0 Å². The summed E-state index contributed by atoms with van der Waals surface area (Å²) in [6.45, 7) is 1.50. The molecule has 3 aliphatic rings. The minimum atomic E-state index is -4.80. The summed E-state index contributed by atoms with van der Waals surface area (Å²) in [6, 6.07) is 4.28. The number of aliphatic hydroxyl groups excluding tert-OH is 1. The lowest BCUT2D eigenvalue weighted by atomic mass is 9.67. The van der Waals surface area contributed by atoms with Gasteiger partial charge < -0.3 is 9.84 Å². The van der Waals surface area contributed by atoms with Crippen LogP contribution in [0.5, 0.6) is 0 Å². The summed E-state index contributed by atoms with van der Waals surface area (Å²) < 4.78 is 45.9. The fourth-order valence-corrected chi connectivity index (χ4v) is 5.06. The van der Waals surface area contributed by atoms with E-state index in [1.54, 1.807) is 6.92 Å². The van der Waals surface area contributed by atoms with Gasteiger partial charge in [0.2, 0.25) is 11.8 Å². The normalized spacial score (nSPS) is 34.1. The molecule has 1 N–H and O–H groups in total. The number of hydrogen-bond donors (Lipinski definition) is 1. The van der Waals surface area contributed by atoms with Gasteiger partial charge in [0.1, 0.15) is 0 Å². The second kappa shape index (κ2) is 5.78. The Morgan fingerprint density at radius 2 is 1.96 bits per heavy atom. The Bertz CT molecular complexity index is 921. The largest absolute Gasteiger partial charge is 0.417 e. The number of carbonyl (C=O) groups excluding carboxylic acids is 2. The summed E-state index contributed by atoms with van der Waals surface area (Å²) in [5.74, 6) is -2.86. The van der Waals surface area contributed by atoms with Gasteiger partial charge in [0.25, 0.3) is 0 Å². The van der Waals surface area contributed by atoms with Crippen molar-refractivity contribution in [1.29, 1.82) is 5.26 Å². The fourth-order valence-electron chi connectivity index (χ4n) is 5.06. The van der Waals surface area contributed by atoms with Crippen LogP contribution in [0.25, 0.3) is 0 Å². The van der Waals surface area contributed by atoms with Crippen molar-refractivity contribution < 1.29 is 32.6 Å². The summed E-state index contributed by atoms with van der Waals surface area (Å²) in [7, 11) is 0. The number of nitrogens with zero attached hydrogens (tertiary/aromatic N) is 2. The van der Waals surface area contributed by atoms with Gasteiger partial charge in [-0.2, -0.15) is 18.4 Å². The molecular weight excluding hydrogens is 377 g/mol. The van der Waals surface area contributed by atoms with Crippen molar-refractivity contribution in [3.63, 3.8) is 0 Å². The highest BCUT2D eigenvalue weighted by Gasteiger charge is 2.73. The Balaban J connectivity index is 1.79. The van der Waals surface area contributed by atoms with Crippen molar-refractivity contribution in [2.45, 2.75) is 43.6 Å². The molecule has 0 aliphatic carbocycles. The molecule has 1 aromatic carbocycles. The zero-order chi connectivity index (χ0) is 20.5. The third-order valence-corrected chi connectivity index (χ3v) is 6.23. The predicted octanol–water partition coefficient (Wildman–Crippen LogP) is 2.39. The average molecular weight is 394 g/mol. The molecule has 6 nitrogen and oxygen atoms in total. The maximum Gasteiger partial charge on any atom is 0.417 e. The first-order chi connectivity index (χ1) is 13.1. The van der Waals surface area contributed by atoms with Crippen LogP contribution in [0.4, 0.5) is 18.9 Å². The summed E-state index contributed by atoms with van der Waals surface area (Å²) >= 11 is 0. The van der Waals surface area contributed by atoms with Gasteiger partial charge in [0.05, 0.1) is 45.9 Å². The second-order valence-corrected chi connectivity index (χ2v) is 7.76. The Morgan fingerprint density at radius 1 is 1.29 bits per heavy atom. The monoisotopic (exact) mass is 394 g/mol. The molecule has 3 aliphatic heterocycles. The minimum Gasteiger partial charge on any atom is -0.396 e. The van der Waals surface area contributed by atoms with E-state index in [1.165, 1.54) is 12.1 Å². The lowest BCUT2D eigenvalue weighted by Crippen LogP contribution is -2.42. The Kier molecular flexibility index (Phi) is 3.90. The molecule has 2 amide bonds. The zero-order valence-electron chi connectivity index (χ0n) is 14.9. The van der Waals surface area contributed by atoms with Crippen molar-refractivity contribution in [1.82, 2.24) is 0 Å². The summed E-state index contributed by atoms with van der Waals surface area (Å²) in [6.07, 6.45) is -3.59. The molecule has 28 heavy (non-hydrogen) atoms. The van der Waals surface area contributed by atoms with E-state index in [4.69, 9.17) is 10.00 Å². The van der Waals surface area contributed by atoms with Crippen molar-refractivity contribution in [3.05, 3.63) is 29.3 Å². The third-order valence-electron chi connectivity index (χ3n) is 6.23. The van der Waals surface area contributed by atoms with E-state index in [-0.39, 0.29) is 18.7 Å². The number of halogens is 3. The lowest BCUT2D eigenvalue weighted by Gasteiger charge is -2.30. The van der Waals surface area contributed by atoms with Crippen LogP contribution >= 0.6 is 0 Å². The van der Waals surface area contributed by atoms with Gasteiger partial charge in [0, 0.05) is 13.0 Å². The standard InChI is InChI=1S/C19H17F3N2O4/c1-17-4-5-18(28-17,6-7-25)14-13(17)15(26)24(16(14)27)11-3-2-10(9-23)12(8-11)19(20,21)22/h2-3,8,13-14,25H,4-7H2,1H3/t13-,14?,17+,18+/m0/s1. The summed E-state index contributed by atoms with van der Waals surface area (Å²) in [5, 5.41) is 18.4. The Hall–Kier alpha value is -2.44. The Labute approximate surface area is 158 Å². The van der Waals surface area contributed by atoms with E-state index < -0.39 is 52.2 Å². The molecule has 1 aromatic rings. The number of rotatable bonds is 3. The first-order valence-electron chi connectivity index (χ1n) is 8.88. The van der Waals surface area contributed by atoms with Gasteiger partial charge in [-0.15, -0.1) is 0 Å². The molecule has 4 atom stereocenters. The van der Waals surface area contributed by atoms with Gasteiger partial charge >= 0.3 is 6.18 Å². The molecule has 0 saturated carbocycles. The van der Waals surface area contributed by atoms with Crippen LogP contribution in [0.15, 0.2) is 18.2 Å². The molecule has 3 heterocycles. The fraction of sp³-hybridized carbons (Fsp3) is 0.526. The number of fused-ring (bicyclic) bond motifs is 5. The highest BCUT2D eigenvalue weighted by atomic mass is 19.4. The number of benzene rings is 1. The average Bonchev–Trinajstić information content (AvgIpc) is 3.19. The molecule has 2 bridgehead atoms. The highest BCUT2D eigenvalue weighted by Crippen LogP contribution is 2.62. The van der Waals surface area contributed by atoms with E-state index in [0.717, 1.165) is 11.0 Å². The molecule has 3 saturated heterocycles. The number of anilines is 1. The number of nitriles is 1. The maximum absolute atomic E-state index is 13.3. The minimum absolute atomic E-state index is 0.178. The van der Waals surface area contributed by atoms with Crippen LogP contribution in [0.3, 0.4) is 0 Å². The van der Waals surface area contributed by atoms with Gasteiger partial charge in [-0.3, -0.25) is 9.59 Å². The molecule has 9 heteroatoms. The highest BCUT2D eigenvalue weighted by molar-refractivity contribution is 6.23. The van der Waals surface area contributed by atoms with Crippen molar-refractivity contribution >= 4 is 17.5 Å². The van der Waals surface area contributed by atoms with Gasteiger partial charge in [-0.1, -0.05) is 0 Å². The molecule has 0 radical (unpaired) electrons. The maximum atomic E-state index is 13.3. The molecule has 148 valence electrons. The van der Waals surface area contributed by atoms with Gasteiger partial charge in [0.15, 0.2) is 0 Å². The topological polar surface area (TPSA) is 90.6 Å². The number of hydrogen-bond acceptors (Lipinski definition) is 5. The van der Waals surface area contributed by atoms with E-state index in [9.17, 15) is 27.9 Å². The van der Waals surface area contributed by atoms with Crippen LogP contribution in [0, 0.1) is 23.2 Å². The van der Waals surface area contributed by atoms with E-state index in [0.29, 0.717) is 18.9 Å². The first kappa shape index (κ1) is 18.9. The SMILES string of the molecule is C[C@]12CC[C@](CCO)(O1)C1C(=O)N(c3ccc(C#N)c(C(F)(F)F)c3)C(=O)[C@H]12. The molecular formula is C19H17F3N2O4. The van der Waals surface area contributed by atoms with Crippen molar-refractivity contribution in [2.75, 3.05) is 11.5 Å². The molecule has 4 rings (SSSR count). The number of imide groups is 1. The third kappa shape index (κ3) is 2.34. The second-order valence-electron chi connectivity index (χ2n) is 7.76. The van der Waals surface area contributed by atoms with Crippen LogP contribution < -0.4 is 4.90 Å². The predicted molar refractivity (Wildman–Crippen MR) is 88.8 cm³/mol.